The molecule has 0 saturated heterocycles. The Kier molecular flexibility index (Phi) is 4.33. The maximum Gasteiger partial charge on any atom is 0.123 e. The zero-order valence-electron chi connectivity index (χ0n) is 8.28. The minimum Gasteiger partial charge on any atom is -0.396 e. The van der Waals surface area contributed by atoms with Gasteiger partial charge in [0.25, 0.3) is 0 Å². The Morgan fingerprint density at radius 2 is 2.00 bits per heavy atom. The van der Waals surface area contributed by atoms with Gasteiger partial charge in [-0.3, -0.25) is 0 Å². The minimum atomic E-state index is -0.226. The number of rotatable bonds is 4. The molecule has 0 fully saturated rings. The first-order chi connectivity index (χ1) is 6.76. The van der Waals surface area contributed by atoms with E-state index in [1.807, 2.05) is 19.1 Å². The monoisotopic (exact) mass is 194 g/mol. The number of aliphatic hydroxyl groups excluding tert-OH is 1. The number of hydrogen-bond acceptors (Lipinski definition) is 1. The molecule has 0 bridgehead atoms. The van der Waals surface area contributed by atoms with Crippen molar-refractivity contribution in [2.45, 2.75) is 13.3 Å². The maximum absolute atomic E-state index is 12.6. The highest BCUT2D eigenvalue weighted by molar-refractivity contribution is 5.49. The van der Waals surface area contributed by atoms with Crippen molar-refractivity contribution in [2.24, 2.45) is 5.92 Å². The predicted octanol–water partition coefficient (Wildman–Crippen LogP) is 2.86. The van der Waals surface area contributed by atoms with E-state index in [4.69, 9.17) is 5.11 Å². The molecule has 0 aromatic heterocycles. The summed E-state index contributed by atoms with van der Waals surface area (Å²) in [6.07, 6.45) is 4.77. The fourth-order valence-corrected chi connectivity index (χ4v) is 1.15. The predicted molar refractivity (Wildman–Crippen MR) is 56.3 cm³/mol. The first-order valence-corrected chi connectivity index (χ1v) is 4.81. The van der Waals surface area contributed by atoms with Crippen LogP contribution in [0.5, 0.6) is 0 Å². The van der Waals surface area contributed by atoms with E-state index in [9.17, 15) is 4.39 Å². The summed E-state index contributed by atoms with van der Waals surface area (Å²) in [4.78, 5) is 0. The van der Waals surface area contributed by atoms with E-state index in [-0.39, 0.29) is 18.3 Å². The Hall–Kier alpha value is -1.15. The molecule has 0 aliphatic carbocycles. The lowest BCUT2D eigenvalue weighted by Crippen LogP contribution is -1.99. The summed E-state index contributed by atoms with van der Waals surface area (Å²) in [6.45, 7) is 2.18. The number of hydrogen-bond donors (Lipinski definition) is 1. The van der Waals surface area contributed by atoms with E-state index in [1.54, 1.807) is 12.1 Å². The Morgan fingerprint density at radius 1 is 1.36 bits per heavy atom. The first kappa shape index (κ1) is 10.9. The van der Waals surface area contributed by atoms with Crippen molar-refractivity contribution in [1.29, 1.82) is 0 Å². The van der Waals surface area contributed by atoms with Gasteiger partial charge in [0.1, 0.15) is 5.82 Å². The van der Waals surface area contributed by atoms with Gasteiger partial charge in [-0.2, -0.15) is 0 Å². The van der Waals surface area contributed by atoms with Crippen molar-refractivity contribution in [1.82, 2.24) is 0 Å². The fourth-order valence-electron chi connectivity index (χ4n) is 1.15. The van der Waals surface area contributed by atoms with Crippen LogP contribution in [0.25, 0.3) is 6.08 Å². The molecule has 1 rings (SSSR count). The third-order valence-corrected chi connectivity index (χ3v) is 2.19. The molecule has 0 aliphatic heterocycles. The second-order valence-corrected chi connectivity index (χ2v) is 3.26. The van der Waals surface area contributed by atoms with Crippen LogP contribution in [0, 0.1) is 11.7 Å². The molecule has 0 amide bonds. The molecule has 1 aromatic rings. The number of benzene rings is 1. The number of aliphatic hydroxyl groups is 1. The average Bonchev–Trinajstić information content (AvgIpc) is 2.22. The smallest absolute Gasteiger partial charge is 0.123 e. The molecule has 14 heavy (non-hydrogen) atoms. The van der Waals surface area contributed by atoms with Crippen LogP contribution in [0.15, 0.2) is 30.3 Å². The van der Waals surface area contributed by atoms with Gasteiger partial charge < -0.3 is 5.11 Å². The minimum absolute atomic E-state index is 0.161. The van der Waals surface area contributed by atoms with Gasteiger partial charge in [-0.25, -0.2) is 4.39 Å². The zero-order chi connectivity index (χ0) is 10.4. The molecule has 1 aromatic carbocycles. The highest BCUT2D eigenvalue weighted by Gasteiger charge is 1.97. The Balaban J connectivity index is 2.63. The van der Waals surface area contributed by atoms with E-state index in [0.29, 0.717) is 0 Å². The lowest BCUT2D eigenvalue weighted by atomic mass is 10.1. The van der Waals surface area contributed by atoms with Gasteiger partial charge >= 0.3 is 0 Å². The van der Waals surface area contributed by atoms with Crippen molar-refractivity contribution in [3.8, 4) is 0 Å². The van der Waals surface area contributed by atoms with E-state index in [1.165, 1.54) is 12.1 Å². The molecule has 0 unspecified atom stereocenters. The molecule has 0 radical (unpaired) electrons. The van der Waals surface area contributed by atoms with Crippen molar-refractivity contribution < 1.29 is 9.50 Å². The van der Waals surface area contributed by atoms with E-state index >= 15 is 0 Å². The van der Waals surface area contributed by atoms with Crippen LogP contribution in [0.3, 0.4) is 0 Å². The molecular weight excluding hydrogens is 179 g/mol. The SMILES string of the molecule is CC[C@@H](/C=C/c1ccc(F)cc1)CO. The van der Waals surface area contributed by atoms with Gasteiger partial charge in [-0.1, -0.05) is 31.2 Å². The molecule has 2 heteroatoms. The molecular formula is C12H15FO. The van der Waals surface area contributed by atoms with E-state index < -0.39 is 0 Å². The molecule has 0 heterocycles. The Morgan fingerprint density at radius 3 is 2.50 bits per heavy atom. The average molecular weight is 194 g/mol. The molecule has 1 N–H and O–H groups in total. The third-order valence-electron chi connectivity index (χ3n) is 2.19. The van der Waals surface area contributed by atoms with Gasteiger partial charge in [-0.15, -0.1) is 0 Å². The highest BCUT2D eigenvalue weighted by Crippen LogP contribution is 2.09. The van der Waals surface area contributed by atoms with E-state index in [0.717, 1.165) is 12.0 Å². The summed E-state index contributed by atoms with van der Waals surface area (Å²) in [5.41, 5.74) is 0.957. The third kappa shape index (κ3) is 3.30. The van der Waals surface area contributed by atoms with Crippen molar-refractivity contribution in [2.75, 3.05) is 6.61 Å². The largest absolute Gasteiger partial charge is 0.396 e. The van der Waals surface area contributed by atoms with Gasteiger partial charge in [0.05, 0.1) is 0 Å². The Bertz CT molecular complexity index is 286. The topological polar surface area (TPSA) is 20.2 Å². The second-order valence-electron chi connectivity index (χ2n) is 3.26. The van der Waals surface area contributed by atoms with Crippen LogP contribution in [-0.2, 0) is 0 Å². The first-order valence-electron chi connectivity index (χ1n) is 4.81. The summed E-state index contributed by atoms with van der Waals surface area (Å²) >= 11 is 0. The van der Waals surface area contributed by atoms with Crippen LogP contribution in [0.4, 0.5) is 4.39 Å². The highest BCUT2D eigenvalue weighted by atomic mass is 19.1. The van der Waals surface area contributed by atoms with Crippen molar-refractivity contribution in [3.05, 3.63) is 41.7 Å². The van der Waals surface area contributed by atoms with Crippen molar-refractivity contribution >= 4 is 6.08 Å². The van der Waals surface area contributed by atoms with Crippen LogP contribution in [0.2, 0.25) is 0 Å². The summed E-state index contributed by atoms with van der Waals surface area (Å²) in [7, 11) is 0. The van der Waals surface area contributed by atoms with Crippen LogP contribution in [-0.4, -0.2) is 11.7 Å². The molecule has 0 aliphatic rings. The van der Waals surface area contributed by atoms with Crippen molar-refractivity contribution in [3.63, 3.8) is 0 Å². The maximum atomic E-state index is 12.6. The quantitative estimate of drug-likeness (QED) is 0.781. The standard InChI is InChI=1S/C12H15FO/c1-2-10(9-14)3-4-11-5-7-12(13)8-6-11/h3-8,10,14H,2,9H2,1H3/b4-3+/t10-/m0/s1. The molecule has 0 spiro atoms. The van der Waals surface area contributed by atoms with Gasteiger partial charge in [0.2, 0.25) is 0 Å². The number of halogens is 1. The van der Waals surface area contributed by atoms with Crippen LogP contribution in [0.1, 0.15) is 18.9 Å². The van der Waals surface area contributed by atoms with E-state index in [2.05, 4.69) is 0 Å². The van der Waals surface area contributed by atoms with Crippen LogP contribution >= 0.6 is 0 Å². The lowest BCUT2D eigenvalue weighted by Gasteiger charge is -2.03. The summed E-state index contributed by atoms with van der Waals surface area (Å²) in [5.74, 6) is -0.0311. The zero-order valence-corrected chi connectivity index (χ0v) is 8.28. The van der Waals surface area contributed by atoms with Gasteiger partial charge in [0.15, 0.2) is 0 Å². The second kappa shape index (κ2) is 5.55. The fraction of sp³-hybridized carbons (Fsp3) is 0.333. The molecule has 1 nitrogen and oxygen atoms in total. The molecule has 1 atom stereocenters. The lowest BCUT2D eigenvalue weighted by molar-refractivity contribution is 0.250. The summed E-state index contributed by atoms with van der Waals surface area (Å²) < 4.78 is 12.6. The van der Waals surface area contributed by atoms with Crippen LogP contribution < -0.4 is 0 Å². The molecule has 0 saturated carbocycles. The van der Waals surface area contributed by atoms with Gasteiger partial charge in [-0.05, 0) is 30.0 Å². The summed E-state index contributed by atoms with van der Waals surface area (Å²) in [5, 5.41) is 8.94. The Labute approximate surface area is 83.9 Å². The summed E-state index contributed by atoms with van der Waals surface area (Å²) in [6, 6.07) is 6.30. The normalized spacial score (nSPS) is 13.4. The van der Waals surface area contributed by atoms with Gasteiger partial charge in [0, 0.05) is 6.61 Å². The molecule has 76 valence electrons.